The lowest BCUT2D eigenvalue weighted by atomic mass is 9.46. The van der Waals surface area contributed by atoms with E-state index in [1.165, 1.54) is 11.8 Å². The highest BCUT2D eigenvalue weighted by atomic mass is 32.2. The van der Waals surface area contributed by atoms with Crippen LogP contribution >= 0.6 is 23.1 Å². The minimum atomic E-state index is -1.13. The third-order valence-electron chi connectivity index (χ3n) is 10.8. The van der Waals surface area contributed by atoms with Crippen LogP contribution in [0.15, 0.2) is 63.9 Å². The molecule has 7 rings (SSSR count). The van der Waals surface area contributed by atoms with Gasteiger partial charge < -0.3 is 14.6 Å². The Morgan fingerprint density at radius 1 is 1.20 bits per heavy atom. The summed E-state index contributed by atoms with van der Waals surface area (Å²) in [6.07, 6.45) is 7.39. The summed E-state index contributed by atoms with van der Waals surface area (Å²) in [4.78, 5) is 31.4. The fourth-order valence-electron chi connectivity index (χ4n) is 9.22. The molecule has 216 valence electrons. The minimum Gasteiger partial charge on any atom is -0.393 e. The second-order valence-electron chi connectivity index (χ2n) is 13.4. The molecule has 1 aromatic carbocycles. The number of ether oxygens (including phenoxy) is 2. The molecule has 41 heavy (non-hydrogen) atoms. The maximum atomic E-state index is 14.5. The van der Waals surface area contributed by atoms with Gasteiger partial charge in [-0.15, -0.1) is 11.3 Å². The van der Waals surface area contributed by atoms with Crippen molar-refractivity contribution < 1.29 is 24.2 Å². The molecule has 1 aliphatic heterocycles. The highest BCUT2D eigenvalue weighted by Crippen LogP contribution is 2.70. The van der Waals surface area contributed by atoms with Crippen molar-refractivity contribution in [3.8, 4) is 11.3 Å². The molecule has 2 heterocycles. The molecule has 6 nitrogen and oxygen atoms in total. The highest BCUT2D eigenvalue weighted by molar-refractivity contribution is 8.01. The first-order valence-electron chi connectivity index (χ1n) is 14.6. The molecule has 1 N–H and O–H groups in total. The number of thioether (sulfide) groups is 1. The number of thiazole rings is 1. The van der Waals surface area contributed by atoms with Crippen LogP contribution in [0, 0.1) is 28.6 Å². The Labute approximate surface area is 249 Å². The number of aromatic nitrogens is 1. The van der Waals surface area contributed by atoms with E-state index in [1.807, 2.05) is 55.6 Å². The number of carbonyl (C=O) groups excluding carboxylic acids is 2. The van der Waals surface area contributed by atoms with E-state index in [9.17, 15) is 14.7 Å². The number of ketones is 2. The smallest absolute Gasteiger partial charge is 0.178 e. The second-order valence-corrected chi connectivity index (χ2v) is 15.4. The van der Waals surface area contributed by atoms with E-state index in [2.05, 4.69) is 13.8 Å². The molecule has 0 amide bonds. The van der Waals surface area contributed by atoms with Gasteiger partial charge in [-0.3, -0.25) is 9.59 Å². The van der Waals surface area contributed by atoms with Crippen molar-refractivity contribution in [1.82, 2.24) is 4.98 Å². The van der Waals surface area contributed by atoms with E-state index in [0.717, 1.165) is 40.4 Å². The van der Waals surface area contributed by atoms with Gasteiger partial charge in [0, 0.05) is 27.7 Å². The van der Waals surface area contributed by atoms with Crippen molar-refractivity contribution in [1.29, 1.82) is 0 Å². The molecule has 0 spiro atoms. The standard InChI is InChI=1S/C33H37NO5S2/c1-30(2)38-27-15-23-22-11-10-20-14-21(35)12-13-31(20,3)28(22)25(36)16-32(23,4)33(27,39-30)26(37)18-41-29-34-24(17-40-29)19-8-6-5-7-9-19/h5-9,12-14,17,22-23,25,27-28,36H,10-11,15-16,18H2,1-4H3/t22?,23?,25?,27-,28?,31?,32?,33-/m1/s1. The van der Waals surface area contributed by atoms with E-state index < -0.39 is 22.9 Å². The Morgan fingerprint density at radius 3 is 2.76 bits per heavy atom. The van der Waals surface area contributed by atoms with Gasteiger partial charge in [-0.25, -0.2) is 4.98 Å². The maximum absolute atomic E-state index is 14.5. The summed E-state index contributed by atoms with van der Waals surface area (Å²) in [5.41, 5.74) is 1.03. The number of carbonyl (C=O) groups is 2. The van der Waals surface area contributed by atoms with Crippen molar-refractivity contribution in [2.45, 2.75) is 81.3 Å². The summed E-state index contributed by atoms with van der Waals surface area (Å²) in [5, 5.41) is 13.9. The summed E-state index contributed by atoms with van der Waals surface area (Å²) >= 11 is 3.01. The van der Waals surface area contributed by atoms with Crippen molar-refractivity contribution in [2.75, 3.05) is 5.75 Å². The van der Waals surface area contributed by atoms with Crippen molar-refractivity contribution in [2.24, 2.45) is 28.6 Å². The monoisotopic (exact) mass is 591 g/mol. The molecule has 8 heteroatoms. The molecule has 4 aliphatic carbocycles. The normalized spacial score (nSPS) is 40.4. The number of fused-ring (bicyclic) bond motifs is 7. The number of aliphatic hydroxyl groups is 1. The fraction of sp³-hybridized carbons (Fsp3) is 0.545. The second kappa shape index (κ2) is 9.45. The lowest BCUT2D eigenvalue weighted by Crippen LogP contribution is -2.63. The van der Waals surface area contributed by atoms with Crippen LogP contribution in [0.1, 0.15) is 53.4 Å². The molecule has 3 saturated carbocycles. The van der Waals surface area contributed by atoms with Gasteiger partial charge >= 0.3 is 0 Å². The van der Waals surface area contributed by atoms with Crippen LogP contribution < -0.4 is 0 Å². The fourth-order valence-corrected chi connectivity index (χ4v) is 11.0. The quantitative estimate of drug-likeness (QED) is 0.412. The first-order chi connectivity index (χ1) is 19.5. The molecule has 1 aromatic heterocycles. The minimum absolute atomic E-state index is 0.00925. The van der Waals surface area contributed by atoms with Gasteiger partial charge in [0.05, 0.1) is 23.7 Å². The van der Waals surface area contributed by atoms with E-state index in [0.29, 0.717) is 6.42 Å². The third kappa shape index (κ3) is 4.04. The lowest BCUT2D eigenvalue weighted by molar-refractivity contribution is -0.223. The number of rotatable bonds is 5. The van der Waals surface area contributed by atoms with E-state index in [-0.39, 0.29) is 46.6 Å². The van der Waals surface area contributed by atoms with Gasteiger partial charge in [-0.05, 0) is 63.5 Å². The SMILES string of the molecule is CC1(C)O[C@@H]2CC3C4CCC5=CC(=O)C=CC5(C)C4C(O)CC3(C)[C@]2(C(=O)CSc2nc(-c3ccccc3)cs2)O1. The summed E-state index contributed by atoms with van der Waals surface area (Å²) in [6, 6.07) is 10.1. The maximum Gasteiger partial charge on any atom is 0.178 e. The number of allylic oxidation sites excluding steroid dienone is 4. The molecule has 0 bridgehead atoms. The van der Waals surface area contributed by atoms with Crippen LogP contribution in [0.5, 0.6) is 0 Å². The van der Waals surface area contributed by atoms with Crippen molar-refractivity contribution >= 4 is 34.7 Å². The van der Waals surface area contributed by atoms with Crippen LogP contribution in [0.2, 0.25) is 0 Å². The van der Waals surface area contributed by atoms with Crippen LogP contribution in [-0.4, -0.2) is 51.0 Å². The molecule has 1 saturated heterocycles. The molecular formula is C33H37NO5S2. The lowest BCUT2D eigenvalue weighted by Gasteiger charge is -2.60. The predicted molar refractivity (Wildman–Crippen MR) is 159 cm³/mol. The van der Waals surface area contributed by atoms with E-state index in [1.54, 1.807) is 23.5 Å². The van der Waals surface area contributed by atoms with Gasteiger partial charge in [0.15, 0.2) is 27.3 Å². The Bertz CT molecular complexity index is 1460. The zero-order chi connectivity index (χ0) is 28.8. The van der Waals surface area contributed by atoms with Gasteiger partial charge in [0.25, 0.3) is 0 Å². The number of aliphatic hydroxyl groups excluding tert-OH is 1. The molecule has 5 aliphatic rings. The largest absolute Gasteiger partial charge is 0.393 e. The molecule has 6 unspecified atom stereocenters. The average Bonchev–Trinajstić information content (AvgIpc) is 3.58. The first-order valence-corrected chi connectivity index (χ1v) is 16.5. The Balaban J connectivity index is 1.19. The van der Waals surface area contributed by atoms with Crippen LogP contribution in [-0.2, 0) is 19.1 Å². The summed E-state index contributed by atoms with van der Waals surface area (Å²) in [7, 11) is 0. The van der Waals surface area contributed by atoms with E-state index in [4.69, 9.17) is 14.5 Å². The number of nitrogens with zero attached hydrogens (tertiary/aromatic N) is 1. The van der Waals surface area contributed by atoms with Gasteiger partial charge in [-0.1, -0.05) is 67.6 Å². The van der Waals surface area contributed by atoms with Crippen molar-refractivity contribution in [3.05, 3.63) is 59.5 Å². The Kier molecular flexibility index (Phi) is 6.39. The number of hydrogen-bond acceptors (Lipinski definition) is 8. The average molecular weight is 592 g/mol. The van der Waals surface area contributed by atoms with Gasteiger partial charge in [0.2, 0.25) is 0 Å². The highest BCUT2D eigenvalue weighted by Gasteiger charge is 2.76. The summed E-state index contributed by atoms with van der Waals surface area (Å²) in [6.45, 7) is 8.12. The number of hydrogen-bond donors (Lipinski definition) is 1. The van der Waals surface area contributed by atoms with Crippen LogP contribution in [0.25, 0.3) is 11.3 Å². The topological polar surface area (TPSA) is 85.7 Å². The molecule has 0 radical (unpaired) electrons. The zero-order valence-corrected chi connectivity index (χ0v) is 25.6. The van der Waals surface area contributed by atoms with Gasteiger partial charge in [0.1, 0.15) is 0 Å². The summed E-state index contributed by atoms with van der Waals surface area (Å²) in [5.74, 6) is -0.234. The predicted octanol–water partition coefficient (Wildman–Crippen LogP) is 6.25. The molecule has 8 atom stereocenters. The van der Waals surface area contributed by atoms with Crippen LogP contribution in [0.3, 0.4) is 0 Å². The van der Waals surface area contributed by atoms with Gasteiger partial charge in [-0.2, -0.15) is 0 Å². The molecule has 4 fully saturated rings. The van der Waals surface area contributed by atoms with Crippen LogP contribution in [0.4, 0.5) is 0 Å². The Morgan fingerprint density at radius 2 is 1.98 bits per heavy atom. The zero-order valence-electron chi connectivity index (χ0n) is 24.0. The molecule has 2 aromatic rings. The summed E-state index contributed by atoms with van der Waals surface area (Å²) < 4.78 is 14.1. The third-order valence-corrected chi connectivity index (χ3v) is 12.8. The number of Topliss-reactive ketones (excluding diaryl/α,β-unsaturated/α-hetero) is 1. The first kappa shape index (κ1) is 27.7. The van der Waals surface area contributed by atoms with Crippen molar-refractivity contribution in [3.63, 3.8) is 0 Å². The number of benzene rings is 1. The molecular weight excluding hydrogens is 554 g/mol. The van der Waals surface area contributed by atoms with E-state index >= 15 is 0 Å². The Hall–Kier alpha value is -2.10.